The molecule has 1 heterocycles. The normalized spacial score (nSPS) is 10.7. The van der Waals surface area contributed by atoms with Crippen molar-refractivity contribution in [3.63, 3.8) is 0 Å². The van der Waals surface area contributed by atoms with E-state index in [0.717, 1.165) is 16.5 Å². The van der Waals surface area contributed by atoms with Gasteiger partial charge in [-0.05, 0) is 36.4 Å². The van der Waals surface area contributed by atoms with Gasteiger partial charge in [-0.25, -0.2) is 4.39 Å². The zero-order chi connectivity index (χ0) is 14.1. The van der Waals surface area contributed by atoms with E-state index in [-0.39, 0.29) is 5.02 Å². The van der Waals surface area contributed by atoms with E-state index in [2.05, 4.69) is 10.3 Å². The number of fused-ring (bicyclic) bond motifs is 1. The third kappa shape index (κ3) is 2.26. The van der Waals surface area contributed by atoms with Gasteiger partial charge in [0.25, 0.3) is 0 Å². The molecule has 0 aliphatic carbocycles. The third-order valence-corrected chi connectivity index (χ3v) is 3.36. The summed E-state index contributed by atoms with van der Waals surface area (Å²) >= 11 is 5.67. The number of aromatic nitrogens is 1. The first kappa shape index (κ1) is 12.7. The average Bonchev–Trinajstić information content (AvgIpc) is 2.46. The second-order valence-corrected chi connectivity index (χ2v) is 4.78. The molecule has 100 valence electrons. The van der Waals surface area contributed by atoms with Crippen molar-refractivity contribution in [2.45, 2.75) is 0 Å². The highest BCUT2D eigenvalue weighted by Crippen LogP contribution is 2.30. The van der Waals surface area contributed by atoms with Gasteiger partial charge < -0.3 is 11.1 Å². The summed E-state index contributed by atoms with van der Waals surface area (Å²) in [6.45, 7) is 0. The number of halogens is 2. The number of anilines is 3. The summed E-state index contributed by atoms with van der Waals surface area (Å²) in [5.41, 5.74) is 8.03. The largest absolute Gasteiger partial charge is 0.398 e. The van der Waals surface area contributed by atoms with E-state index >= 15 is 0 Å². The summed E-state index contributed by atoms with van der Waals surface area (Å²) in [5, 5.41) is 5.02. The summed E-state index contributed by atoms with van der Waals surface area (Å²) in [4.78, 5) is 4.10. The SMILES string of the molecule is Nc1ccc(Nc2ccc(Cl)c(F)c2)c2cnccc12. The fraction of sp³-hybridized carbons (Fsp3) is 0. The van der Waals surface area contributed by atoms with Gasteiger partial charge in [-0.3, -0.25) is 4.98 Å². The Morgan fingerprint density at radius 2 is 1.95 bits per heavy atom. The molecule has 0 saturated heterocycles. The molecule has 0 spiro atoms. The molecule has 0 atom stereocenters. The summed E-state index contributed by atoms with van der Waals surface area (Å²) in [6, 6.07) is 10.1. The molecule has 2 aromatic carbocycles. The predicted molar refractivity (Wildman–Crippen MR) is 80.8 cm³/mol. The number of nitrogens with zero attached hydrogens (tertiary/aromatic N) is 1. The van der Waals surface area contributed by atoms with Crippen LogP contribution in [0.2, 0.25) is 5.02 Å². The first-order valence-corrected chi connectivity index (χ1v) is 6.37. The third-order valence-electron chi connectivity index (χ3n) is 3.05. The Balaban J connectivity index is 2.06. The van der Waals surface area contributed by atoms with E-state index in [1.54, 1.807) is 24.5 Å². The first-order chi connectivity index (χ1) is 9.65. The molecule has 1 aromatic heterocycles. The van der Waals surface area contributed by atoms with Gasteiger partial charge in [0.1, 0.15) is 5.82 Å². The van der Waals surface area contributed by atoms with Gasteiger partial charge in [0.05, 0.1) is 5.02 Å². The van der Waals surface area contributed by atoms with Crippen molar-refractivity contribution in [1.82, 2.24) is 4.98 Å². The second-order valence-electron chi connectivity index (χ2n) is 4.38. The predicted octanol–water partition coefficient (Wildman–Crippen LogP) is 4.35. The van der Waals surface area contributed by atoms with Crippen LogP contribution in [0.15, 0.2) is 48.8 Å². The monoisotopic (exact) mass is 287 g/mol. The van der Waals surface area contributed by atoms with Gasteiger partial charge in [0, 0.05) is 40.2 Å². The van der Waals surface area contributed by atoms with Crippen molar-refractivity contribution in [2.24, 2.45) is 0 Å². The Kier molecular flexibility index (Phi) is 3.16. The molecule has 3 N–H and O–H groups in total. The number of hydrogen-bond acceptors (Lipinski definition) is 3. The minimum Gasteiger partial charge on any atom is -0.398 e. The van der Waals surface area contributed by atoms with Crippen molar-refractivity contribution >= 4 is 39.4 Å². The Bertz CT molecular complexity index is 789. The first-order valence-electron chi connectivity index (χ1n) is 5.99. The number of pyridine rings is 1. The van der Waals surface area contributed by atoms with Gasteiger partial charge >= 0.3 is 0 Å². The number of nitrogens with one attached hydrogen (secondary N) is 1. The van der Waals surface area contributed by atoms with Crippen molar-refractivity contribution < 1.29 is 4.39 Å². The lowest BCUT2D eigenvalue weighted by Crippen LogP contribution is -1.95. The lowest BCUT2D eigenvalue weighted by molar-refractivity contribution is 0.629. The molecule has 3 rings (SSSR count). The summed E-state index contributed by atoms with van der Waals surface area (Å²) < 4.78 is 13.5. The maximum atomic E-state index is 13.5. The van der Waals surface area contributed by atoms with E-state index in [0.29, 0.717) is 11.4 Å². The van der Waals surface area contributed by atoms with E-state index in [1.165, 1.54) is 12.1 Å². The highest BCUT2D eigenvalue weighted by atomic mass is 35.5. The van der Waals surface area contributed by atoms with Crippen LogP contribution < -0.4 is 11.1 Å². The number of hydrogen-bond donors (Lipinski definition) is 2. The molecule has 0 saturated carbocycles. The number of rotatable bonds is 2. The van der Waals surface area contributed by atoms with E-state index in [1.807, 2.05) is 12.1 Å². The van der Waals surface area contributed by atoms with E-state index in [4.69, 9.17) is 17.3 Å². The molecule has 0 fully saturated rings. The number of nitrogens with two attached hydrogens (primary N) is 1. The van der Waals surface area contributed by atoms with Crippen LogP contribution in [0.25, 0.3) is 10.8 Å². The molecule has 0 unspecified atom stereocenters. The molecule has 0 aliphatic heterocycles. The molecule has 0 radical (unpaired) electrons. The zero-order valence-electron chi connectivity index (χ0n) is 10.4. The molecular weight excluding hydrogens is 277 g/mol. The molecule has 3 aromatic rings. The molecular formula is C15H11ClFN3. The smallest absolute Gasteiger partial charge is 0.143 e. The second kappa shape index (κ2) is 4.98. The molecule has 5 heteroatoms. The summed E-state index contributed by atoms with van der Waals surface area (Å²) in [6.07, 6.45) is 3.41. The summed E-state index contributed by atoms with van der Waals surface area (Å²) in [5.74, 6) is -0.463. The topological polar surface area (TPSA) is 50.9 Å². The van der Waals surface area contributed by atoms with Crippen molar-refractivity contribution in [2.75, 3.05) is 11.1 Å². The van der Waals surface area contributed by atoms with Crippen LogP contribution >= 0.6 is 11.6 Å². The van der Waals surface area contributed by atoms with E-state index in [9.17, 15) is 4.39 Å². The van der Waals surface area contributed by atoms with Crippen LogP contribution in [0.5, 0.6) is 0 Å². The molecule has 0 bridgehead atoms. The van der Waals surface area contributed by atoms with Gasteiger partial charge in [0.15, 0.2) is 0 Å². The number of benzene rings is 2. The lowest BCUT2D eigenvalue weighted by Gasteiger charge is -2.11. The van der Waals surface area contributed by atoms with Crippen LogP contribution in [0.1, 0.15) is 0 Å². The van der Waals surface area contributed by atoms with Crippen molar-refractivity contribution in [3.05, 3.63) is 59.6 Å². The van der Waals surface area contributed by atoms with Crippen molar-refractivity contribution in [1.29, 1.82) is 0 Å². The molecule has 0 aliphatic rings. The maximum Gasteiger partial charge on any atom is 0.143 e. The number of nitrogen functional groups attached to an aromatic ring is 1. The van der Waals surface area contributed by atoms with Crippen LogP contribution in [0, 0.1) is 5.82 Å². The highest BCUT2D eigenvalue weighted by molar-refractivity contribution is 6.30. The Hall–Kier alpha value is -2.33. The molecule has 0 amide bonds. The van der Waals surface area contributed by atoms with Gasteiger partial charge in [-0.1, -0.05) is 11.6 Å². The van der Waals surface area contributed by atoms with Crippen LogP contribution in [-0.4, -0.2) is 4.98 Å². The van der Waals surface area contributed by atoms with Gasteiger partial charge in [0.2, 0.25) is 0 Å². The van der Waals surface area contributed by atoms with E-state index < -0.39 is 5.82 Å². The Morgan fingerprint density at radius 3 is 2.75 bits per heavy atom. The summed E-state index contributed by atoms with van der Waals surface area (Å²) in [7, 11) is 0. The van der Waals surface area contributed by atoms with Gasteiger partial charge in [-0.2, -0.15) is 0 Å². The van der Waals surface area contributed by atoms with Crippen LogP contribution in [-0.2, 0) is 0 Å². The molecule has 20 heavy (non-hydrogen) atoms. The minimum atomic E-state index is -0.463. The van der Waals surface area contributed by atoms with Gasteiger partial charge in [-0.15, -0.1) is 0 Å². The zero-order valence-corrected chi connectivity index (χ0v) is 11.2. The standard InChI is InChI=1S/C15H11ClFN3/c16-12-2-1-9(7-13(12)17)20-15-4-3-14(18)10-5-6-19-8-11(10)15/h1-8,20H,18H2. The Morgan fingerprint density at radius 1 is 1.10 bits per heavy atom. The van der Waals surface area contributed by atoms with Crippen LogP contribution in [0.3, 0.4) is 0 Å². The van der Waals surface area contributed by atoms with Crippen molar-refractivity contribution in [3.8, 4) is 0 Å². The lowest BCUT2D eigenvalue weighted by atomic mass is 10.1. The highest BCUT2D eigenvalue weighted by Gasteiger charge is 2.06. The fourth-order valence-corrected chi connectivity index (χ4v) is 2.17. The quantitative estimate of drug-likeness (QED) is 0.689. The minimum absolute atomic E-state index is 0.0966. The fourth-order valence-electron chi connectivity index (χ4n) is 2.05. The average molecular weight is 288 g/mol. The Labute approximate surface area is 120 Å². The molecule has 3 nitrogen and oxygen atoms in total. The van der Waals surface area contributed by atoms with Crippen LogP contribution in [0.4, 0.5) is 21.5 Å². The maximum absolute atomic E-state index is 13.5.